The maximum absolute atomic E-state index is 12.6. The molecule has 0 unspecified atom stereocenters. The summed E-state index contributed by atoms with van der Waals surface area (Å²) in [4.78, 5) is 36.6. The summed E-state index contributed by atoms with van der Waals surface area (Å²) in [5.41, 5.74) is 1.13. The Morgan fingerprint density at radius 1 is 1.00 bits per heavy atom. The predicted octanol–water partition coefficient (Wildman–Crippen LogP) is 3.93. The largest absolute Gasteiger partial charge is 0.496 e. The lowest BCUT2D eigenvalue weighted by Crippen LogP contribution is -2.16. The van der Waals surface area contributed by atoms with Crippen LogP contribution in [0.4, 0.5) is 5.69 Å². The van der Waals surface area contributed by atoms with E-state index >= 15 is 0 Å². The molecule has 35 heavy (non-hydrogen) atoms. The van der Waals surface area contributed by atoms with Crippen molar-refractivity contribution in [1.82, 2.24) is 14.8 Å². The summed E-state index contributed by atoms with van der Waals surface area (Å²) in [5.74, 6) is -0.525. The van der Waals surface area contributed by atoms with E-state index in [0.29, 0.717) is 33.9 Å². The molecular weight excluding hydrogens is 496 g/mol. The number of hydrogen-bond donors (Lipinski definition) is 1. The minimum absolute atomic E-state index is 0.000817. The Hall–Kier alpha value is -3.57. The van der Waals surface area contributed by atoms with E-state index in [-0.39, 0.29) is 28.5 Å². The van der Waals surface area contributed by atoms with Crippen LogP contribution in [-0.4, -0.2) is 59.7 Å². The van der Waals surface area contributed by atoms with E-state index in [1.165, 1.54) is 44.2 Å². The van der Waals surface area contributed by atoms with E-state index in [2.05, 4.69) is 15.5 Å². The molecule has 2 aromatic carbocycles. The van der Waals surface area contributed by atoms with E-state index in [0.717, 1.165) is 0 Å². The smallest absolute Gasteiger partial charge is 0.337 e. The number of carbonyl (C=O) groups is 3. The Morgan fingerprint density at radius 3 is 2.23 bits per heavy atom. The fourth-order valence-corrected chi connectivity index (χ4v) is 4.21. The Labute approximate surface area is 210 Å². The molecule has 3 aromatic rings. The minimum Gasteiger partial charge on any atom is -0.496 e. The second kappa shape index (κ2) is 11.7. The van der Waals surface area contributed by atoms with Crippen molar-refractivity contribution in [2.45, 2.75) is 18.6 Å². The number of anilines is 1. The lowest BCUT2D eigenvalue weighted by atomic mass is 10.1. The number of aromatic nitrogens is 3. The number of carbonyl (C=O) groups excluding carboxylic acids is 3. The van der Waals surface area contributed by atoms with Crippen molar-refractivity contribution in [1.29, 1.82) is 0 Å². The average molecular weight is 519 g/mol. The molecule has 10 nitrogen and oxygen atoms in total. The van der Waals surface area contributed by atoms with Gasteiger partial charge in [-0.3, -0.25) is 4.79 Å². The summed E-state index contributed by atoms with van der Waals surface area (Å²) in [7, 11) is 4.00. The molecule has 0 atom stereocenters. The molecule has 0 radical (unpaired) electrons. The van der Waals surface area contributed by atoms with E-state index < -0.39 is 11.9 Å². The summed E-state index contributed by atoms with van der Waals surface area (Å²) >= 11 is 7.34. The van der Waals surface area contributed by atoms with Crippen LogP contribution in [0.25, 0.3) is 11.4 Å². The first kappa shape index (κ1) is 26.0. The van der Waals surface area contributed by atoms with Gasteiger partial charge in [0.15, 0.2) is 11.0 Å². The van der Waals surface area contributed by atoms with E-state index in [4.69, 9.17) is 25.8 Å². The monoisotopic (exact) mass is 518 g/mol. The highest BCUT2D eigenvalue weighted by molar-refractivity contribution is 7.99. The normalized spacial score (nSPS) is 10.5. The van der Waals surface area contributed by atoms with Gasteiger partial charge in [0.05, 0.1) is 43.8 Å². The first-order valence-corrected chi connectivity index (χ1v) is 11.7. The second-order valence-corrected chi connectivity index (χ2v) is 8.39. The number of rotatable bonds is 9. The maximum atomic E-state index is 12.6. The van der Waals surface area contributed by atoms with Crippen molar-refractivity contribution in [3.63, 3.8) is 0 Å². The van der Waals surface area contributed by atoms with Gasteiger partial charge in [0.25, 0.3) is 0 Å². The third kappa shape index (κ3) is 6.11. The number of esters is 2. The summed E-state index contributed by atoms with van der Waals surface area (Å²) in [6, 6.07) is 9.37. The summed E-state index contributed by atoms with van der Waals surface area (Å²) < 4.78 is 16.7. The molecule has 0 aliphatic heterocycles. The Kier molecular flexibility index (Phi) is 8.72. The predicted molar refractivity (Wildman–Crippen MR) is 131 cm³/mol. The molecular formula is C23H23ClN4O6S. The molecule has 3 rings (SSSR count). The summed E-state index contributed by atoms with van der Waals surface area (Å²) in [6.07, 6.45) is 0. The Morgan fingerprint density at radius 2 is 1.66 bits per heavy atom. The minimum atomic E-state index is -0.652. The van der Waals surface area contributed by atoms with Crippen LogP contribution in [0, 0.1) is 0 Å². The number of benzene rings is 2. The van der Waals surface area contributed by atoms with Crippen LogP contribution in [0.5, 0.6) is 5.75 Å². The SMILES string of the molecule is CCn1c(SCC(=O)Nc2cc(C(=O)OC)cc(C(=O)OC)c2)nnc1-c1cc(Cl)ccc1OC. The van der Waals surface area contributed by atoms with Crippen molar-refractivity contribution in [2.24, 2.45) is 0 Å². The van der Waals surface area contributed by atoms with Gasteiger partial charge in [0.1, 0.15) is 5.75 Å². The quantitative estimate of drug-likeness (QED) is 0.331. The van der Waals surface area contributed by atoms with E-state index in [9.17, 15) is 14.4 Å². The number of halogens is 1. The fourth-order valence-electron chi connectivity index (χ4n) is 3.23. The van der Waals surface area contributed by atoms with Gasteiger partial charge >= 0.3 is 11.9 Å². The van der Waals surface area contributed by atoms with Crippen LogP contribution in [-0.2, 0) is 20.8 Å². The van der Waals surface area contributed by atoms with Gasteiger partial charge in [-0.15, -0.1) is 10.2 Å². The first-order valence-electron chi connectivity index (χ1n) is 10.3. The molecule has 0 saturated heterocycles. The number of hydrogen-bond acceptors (Lipinski definition) is 9. The number of amides is 1. The summed E-state index contributed by atoms with van der Waals surface area (Å²) in [5, 5.41) is 12.2. The molecule has 0 aliphatic carbocycles. The lowest BCUT2D eigenvalue weighted by molar-refractivity contribution is -0.113. The lowest BCUT2D eigenvalue weighted by Gasteiger charge is -2.11. The number of ether oxygens (including phenoxy) is 3. The molecule has 1 N–H and O–H groups in total. The highest BCUT2D eigenvalue weighted by Crippen LogP contribution is 2.33. The molecule has 0 aliphatic rings. The van der Waals surface area contributed by atoms with Gasteiger partial charge in [-0.05, 0) is 43.3 Å². The van der Waals surface area contributed by atoms with Crippen LogP contribution in [0.15, 0.2) is 41.6 Å². The van der Waals surface area contributed by atoms with Gasteiger partial charge in [0.2, 0.25) is 5.91 Å². The first-order chi connectivity index (χ1) is 16.8. The standard InChI is InChI=1S/C23H23ClN4O6S/c1-5-28-20(17-11-15(24)6-7-18(17)32-2)26-27-23(28)35-12-19(29)25-16-9-13(21(30)33-3)8-14(10-16)22(31)34-4/h6-11H,5,12H2,1-4H3,(H,25,29). The van der Waals surface area contributed by atoms with Crippen molar-refractivity contribution in [3.05, 3.63) is 52.5 Å². The van der Waals surface area contributed by atoms with E-state index in [1.54, 1.807) is 25.3 Å². The van der Waals surface area contributed by atoms with Gasteiger partial charge in [-0.25, -0.2) is 9.59 Å². The van der Waals surface area contributed by atoms with Gasteiger partial charge in [0, 0.05) is 17.3 Å². The van der Waals surface area contributed by atoms with Crippen LogP contribution >= 0.6 is 23.4 Å². The Bertz CT molecular complexity index is 1230. The van der Waals surface area contributed by atoms with Gasteiger partial charge in [-0.1, -0.05) is 23.4 Å². The van der Waals surface area contributed by atoms with Crippen molar-refractivity contribution in [2.75, 3.05) is 32.4 Å². The zero-order chi connectivity index (χ0) is 25.5. The zero-order valence-corrected chi connectivity index (χ0v) is 21.0. The van der Waals surface area contributed by atoms with Crippen molar-refractivity contribution >= 4 is 46.9 Å². The van der Waals surface area contributed by atoms with Gasteiger partial charge < -0.3 is 24.1 Å². The molecule has 0 bridgehead atoms. The molecule has 12 heteroatoms. The third-order valence-electron chi connectivity index (χ3n) is 4.83. The average Bonchev–Trinajstić information content (AvgIpc) is 3.28. The second-order valence-electron chi connectivity index (χ2n) is 7.01. The number of thioether (sulfide) groups is 1. The number of methoxy groups -OCH3 is 3. The summed E-state index contributed by atoms with van der Waals surface area (Å²) in [6.45, 7) is 2.48. The van der Waals surface area contributed by atoms with Crippen LogP contribution in [0.1, 0.15) is 27.6 Å². The highest BCUT2D eigenvalue weighted by atomic mass is 35.5. The number of nitrogens with one attached hydrogen (secondary N) is 1. The van der Waals surface area contributed by atoms with Crippen LogP contribution in [0.2, 0.25) is 5.02 Å². The molecule has 184 valence electrons. The van der Waals surface area contributed by atoms with Crippen molar-refractivity contribution in [3.8, 4) is 17.1 Å². The highest BCUT2D eigenvalue weighted by Gasteiger charge is 2.19. The van der Waals surface area contributed by atoms with Crippen molar-refractivity contribution < 1.29 is 28.6 Å². The molecule has 0 spiro atoms. The van der Waals surface area contributed by atoms with E-state index in [1.807, 2.05) is 11.5 Å². The molecule has 1 heterocycles. The molecule has 1 amide bonds. The molecule has 1 aromatic heterocycles. The fraction of sp³-hybridized carbons (Fsp3) is 0.261. The topological polar surface area (TPSA) is 122 Å². The van der Waals surface area contributed by atoms with Gasteiger partial charge in [-0.2, -0.15) is 0 Å². The van der Waals surface area contributed by atoms with Crippen LogP contribution < -0.4 is 10.1 Å². The maximum Gasteiger partial charge on any atom is 0.337 e. The Balaban J connectivity index is 1.78. The zero-order valence-electron chi connectivity index (χ0n) is 19.5. The molecule has 0 fully saturated rings. The molecule has 0 saturated carbocycles. The number of nitrogens with zero attached hydrogens (tertiary/aromatic N) is 3. The van der Waals surface area contributed by atoms with Crippen LogP contribution in [0.3, 0.4) is 0 Å². The third-order valence-corrected chi connectivity index (χ3v) is 6.03.